The Bertz CT molecular complexity index is 441. The van der Waals surface area contributed by atoms with Crippen molar-refractivity contribution in [2.24, 2.45) is 0 Å². The lowest BCUT2D eigenvalue weighted by Crippen LogP contribution is -2.34. The van der Waals surface area contributed by atoms with Crippen LogP contribution in [0.25, 0.3) is 0 Å². The third-order valence-electron chi connectivity index (χ3n) is 4.46. The van der Waals surface area contributed by atoms with Gasteiger partial charge in [-0.25, -0.2) is 0 Å². The summed E-state index contributed by atoms with van der Waals surface area (Å²) in [6, 6.07) is 2.53. The van der Waals surface area contributed by atoms with E-state index in [2.05, 4.69) is 15.6 Å². The fraction of sp³-hybridized carbons (Fsp3) is 0.688. The number of hydrogen-bond donors (Lipinski definition) is 3. The number of hydrogen-bond acceptors (Lipinski definition) is 5. The Hall–Kier alpha value is -1.17. The molecule has 21 heavy (non-hydrogen) atoms. The van der Waals surface area contributed by atoms with E-state index in [9.17, 15) is 5.11 Å². The quantitative estimate of drug-likeness (QED) is 0.761. The number of pyridine rings is 1. The lowest BCUT2D eigenvalue weighted by molar-refractivity contribution is 0.116. The molecule has 1 saturated carbocycles. The number of aromatic nitrogens is 1. The first-order valence-corrected chi connectivity index (χ1v) is 8.03. The first-order chi connectivity index (χ1) is 10.3. The van der Waals surface area contributed by atoms with E-state index in [4.69, 9.17) is 4.74 Å². The highest BCUT2D eigenvalue weighted by Crippen LogP contribution is 2.22. The lowest BCUT2D eigenvalue weighted by atomic mass is 9.93. The minimum atomic E-state index is -0.0993. The minimum absolute atomic E-state index is 0.0993. The van der Waals surface area contributed by atoms with Crippen LogP contribution in [0.4, 0.5) is 0 Å². The molecule has 0 radical (unpaired) electrons. The first-order valence-electron chi connectivity index (χ1n) is 8.03. The van der Waals surface area contributed by atoms with Gasteiger partial charge in [-0.05, 0) is 44.7 Å². The number of ether oxygens (including phenoxy) is 1. The zero-order valence-electron chi connectivity index (χ0n) is 12.4. The zero-order valence-corrected chi connectivity index (χ0v) is 12.4. The Morgan fingerprint density at radius 1 is 1.29 bits per heavy atom. The molecule has 3 rings (SSSR count). The largest absolute Gasteiger partial charge is 0.487 e. The molecule has 1 atom stereocenters. The summed E-state index contributed by atoms with van der Waals surface area (Å²) in [5, 5.41) is 16.5. The highest BCUT2D eigenvalue weighted by Gasteiger charge is 2.20. The molecule has 5 heteroatoms. The van der Waals surface area contributed by atoms with Gasteiger partial charge in [-0.3, -0.25) is 4.98 Å². The summed E-state index contributed by atoms with van der Waals surface area (Å²) in [5.41, 5.74) is 1.17. The third kappa shape index (κ3) is 4.15. The maximum Gasteiger partial charge on any atom is 0.142 e. The highest BCUT2D eigenvalue weighted by molar-refractivity contribution is 5.30. The summed E-state index contributed by atoms with van der Waals surface area (Å²) < 4.78 is 6.06. The molecule has 5 nitrogen and oxygen atoms in total. The SMILES string of the molecule is OC1CCC(NCc2ccncc2O[C@H]2CCNC2)CC1. The molecule has 0 aromatic carbocycles. The summed E-state index contributed by atoms with van der Waals surface area (Å²) in [4.78, 5) is 4.19. The molecule has 116 valence electrons. The van der Waals surface area contributed by atoms with E-state index in [1.54, 1.807) is 0 Å². The average Bonchev–Trinajstić information content (AvgIpc) is 3.01. The summed E-state index contributed by atoms with van der Waals surface area (Å²) in [6.45, 7) is 2.75. The minimum Gasteiger partial charge on any atom is -0.487 e. The number of aliphatic hydroxyl groups excluding tert-OH is 1. The Morgan fingerprint density at radius 2 is 2.14 bits per heavy atom. The van der Waals surface area contributed by atoms with Gasteiger partial charge in [0.25, 0.3) is 0 Å². The Balaban J connectivity index is 1.54. The van der Waals surface area contributed by atoms with E-state index in [0.29, 0.717) is 6.04 Å². The van der Waals surface area contributed by atoms with Crippen molar-refractivity contribution in [1.29, 1.82) is 0 Å². The van der Waals surface area contributed by atoms with E-state index in [0.717, 1.165) is 57.5 Å². The van der Waals surface area contributed by atoms with E-state index in [1.165, 1.54) is 5.56 Å². The van der Waals surface area contributed by atoms with Gasteiger partial charge in [-0.2, -0.15) is 0 Å². The van der Waals surface area contributed by atoms with Crippen LogP contribution in [-0.2, 0) is 6.54 Å². The van der Waals surface area contributed by atoms with Gasteiger partial charge in [0, 0.05) is 30.9 Å². The molecular formula is C16H25N3O2. The summed E-state index contributed by atoms with van der Waals surface area (Å²) >= 11 is 0. The normalized spacial score (nSPS) is 29.5. The molecule has 0 spiro atoms. The number of nitrogens with one attached hydrogen (secondary N) is 2. The molecular weight excluding hydrogens is 266 g/mol. The van der Waals surface area contributed by atoms with Crippen molar-refractivity contribution in [3.63, 3.8) is 0 Å². The molecule has 0 unspecified atom stereocenters. The highest BCUT2D eigenvalue weighted by atomic mass is 16.5. The van der Waals surface area contributed by atoms with Crippen LogP contribution >= 0.6 is 0 Å². The predicted octanol–water partition coefficient (Wildman–Crippen LogP) is 1.22. The van der Waals surface area contributed by atoms with Gasteiger partial charge < -0.3 is 20.5 Å². The van der Waals surface area contributed by atoms with Crippen LogP contribution in [0, 0.1) is 0 Å². The molecule has 1 aliphatic heterocycles. The van der Waals surface area contributed by atoms with E-state index < -0.39 is 0 Å². The van der Waals surface area contributed by atoms with Crippen molar-refractivity contribution in [2.75, 3.05) is 13.1 Å². The smallest absolute Gasteiger partial charge is 0.142 e. The number of aliphatic hydroxyl groups is 1. The van der Waals surface area contributed by atoms with Crippen LogP contribution in [0.15, 0.2) is 18.5 Å². The van der Waals surface area contributed by atoms with Crippen LogP contribution in [0.5, 0.6) is 5.75 Å². The molecule has 1 saturated heterocycles. The van der Waals surface area contributed by atoms with Gasteiger partial charge in [0.15, 0.2) is 0 Å². The summed E-state index contributed by atoms with van der Waals surface area (Å²) in [6.07, 6.45) is 8.78. The fourth-order valence-corrected chi connectivity index (χ4v) is 3.10. The van der Waals surface area contributed by atoms with Gasteiger partial charge in [-0.1, -0.05) is 0 Å². The van der Waals surface area contributed by atoms with Crippen molar-refractivity contribution in [3.05, 3.63) is 24.0 Å². The maximum atomic E-state index is 9.55. The maximum absolute atomic E-state index is 9.55. The molecule has 0 amide bonds. The zero-order chi connectivity index (χ0) is 14.5. The topological polar surface area (TPSA) is 66.4 Å². The van der Waals surface area contributed by atoms with Gasteiger partial charge in [0.2, 0.25) is 0 Å². The molecule has 3 N–H and O–H groups in total. The van der Waals surface area contributed by atoms with Crippen LogP contribution in [0.2, 0.25) is 0 Å². The molecule has 1 aromatic rings. The van der Waals surface area contributed by atoms with Crippen LogP contribution in [-0.4, -0.2) is 41.4 Å². The van der Waals surface area contributed by atoms with E-state index in [-0.39, 0.29) is 12.2 Å². The molecule has 2 heterocycles. The Labute approximate surface area is 126 Å². The Kier molecular flexibility index (Phi) is 5.06. The lowest BCUT2D eigenvalue weighted by Gasteiger charge is -2.26. The third-order valence-corrected chi connectivity index (χ3v) is 4.46. The van der Waals surface area contributed by atoms with Crippen LogP contribution in [0.1, 0.15) is 37.7 Å². The van der Waals surface area contributed by atoms with Crippen molar-refractivity contribution in [3.8, 4) is 5.75 Å². The van der Waals surface area contributed by atoms with Crippen molar-refractivity contribution in [1.82, 2.24) is 15.6 Å². The summed E-state index contributed by atoms with van der Waals surface area (Å²) in [5.74, 6) is 0.898. The van der Waals surface area contributed by atoms with Crippen molar-refractivity contribution < 1.29 is 9.84 Å². The standard InChI is InChI=1S/C16H25N3O2/c20-14-3-1-13(2-4-14)19-9-12-5-7-18-11-16(12)21-15-6-8-17-10-15/h5,7,11,13-15,17,19-20H,1-4,6,8-10H2/t13?,14?,15-/m0/s1. The van der Waals surface area contributed by atoms with Gasteiger partial charge in [0.1, 0.15) is 11.9 Å². The van der Waals surface area contributed by atoms with Crippen LogP contribution < -0.4 is 15.4 Å². The second kappa shape index (κ2) is 7.20. The predicted molar refractivity (Wildman–Crippen MR) is 81.2 cm³/mol. The van der Waals surface area contributed by atoms with Gasteiger partial charge >= 0.3 is 0 Å². The Morgan fingerprint density at radius 3 is 2.90 bits per heavy atom. The number of rotatable bonds is 5. The van der Waals surface area contributed by atoms with Gasteiger partial charge in [-0.15, -0.1) is 0 Å². The molecule has 2 fully saturated rings. The van der Waals surface area contributed by atoms with Crippen LogP contribution in [0.3, 0.4) is 0 Å². The second-order valence-corrected chi connectivity index (χ2v) is 6.10. The fourth-order valence-electron chi connectivity index (χ4n) is 3.10. The molecule has 1 aliphatic carbocycles. The second-order valence-electron chi connectivity index (χ2n) is 6.10. The van der Waals surface area contributed by atoms with E-state index >= 15 is 0 Å². The molecule has 1 aromatic heterocycles. The monoisotopic (exact) mass is 291 g/mol. The molecule has 0 bridgehead atoms. The first kappa shape index (κ1) is 14.8. The van der Waals surface area contributed by atoms with Crippen molar-refractivity contribution >= 4 is 0 Å². The van der Waals surface area contributed by atoms with Crippen molar-refractivity contribution in [2.45, 2.75) is 56.9 Å². The average molecular weight is 291 g/mol. The van der Waals surface area contributed by atoms with E-state index in [1.807, 2.05) is 18.5 Å². The number of nitrogens with zero attached hydrogens (tertiary/aromatic N) is 1. The summed E-state index contributed by atoms with van der Waals surface area (Å²) in [7, 11) is 0. The molecule has 2 aliphatic rings. The van der Waals surface area contributed by atoms with Gasteiger partial charge in [0.05, 0.1) is 12.3 Å².